The molecule has 0 aliphatic carbocycles. The molecule has 0 aliphatic heterocycles. The fourth-order valence-electron chi connectivity index (χ4n) is 0.412. The summed E-state index contributed by atoms with van der Waals surface area (Å²) >= 11 is 0. The quantitative estimate of drug-likeness (QED) is 0.460. The first kappa shape index (κ1) is 13.1. The van der Waals surface area contributed by atoms with Crippen LogP contribution in [0.3, 0.4) is 0 Å². The Morgan fingerprint density at radius 1 is 1.30 bits per heavy atom. The minimum Gasteiger partial charge on any atom is 0.316 e. The molecule has 0 N–H and O–H groups in total. The van der Waals surface area contributed by atoms with Gasteiger partial charge in [0.2, 0.25) is 0 Å². The Kier molecular flexibility index (Phi) is 8.06. The van der Waals surface area contributed by atoms with E-state index in [1.165, 1.54) is 6.07 Å². The van der Waals surface area contributed by atoms with Crippen LogP contribution in [0.4, 0.5) is 8.78 Å². The summed E-state index contributed by atoms with van der Waals surface area (Å²) in [6.45, 7) is 0. The molecule has 0 unspecified atom stereocenters. The zero-order valence-electron chi connectivity index (χ0n) is 3.99. The zero-order valence-corrected chi connectivity index (χ0v) is 3.99. The topological polar surface area (TPSA) is 0 Å². The van der Waals surface area contributed by atoms with Crippen molar-refractivity contribution in [3.63, 3.8) is 0 Å². The molecular weight excluding hydrogens is 141 g/mol. The van der Waals surface area contributed by atoms with E-state index in [9.17, 15) is 8.78 Å². The maximum absolute atomic E-state index is 11.9. The number of benzene rings is 1. The van der Waals surface area contributed by atoms with Crippen LogP contribution in [0.2, 0.25) is 0 Å². The van der Waals surface area contributed by atoms with E-state index in [2.05, 4.69) is 6.07 Å². The van der Waals surface area contributed by atoms with Crippen molar-refractivity contribution in [3.05, 3.63) is 35.9 Å². The van der Waals surface area contributed by atoms with Gasteiger partial charge in [0.15, 0.2) is 0 Å². The molecule has 4 heteroatoms. The van der Waals surface area contributed by atoms with Crippen LogP contribution in [0.5, 0.6) is 0 Å². The van der Waals surface area contributed by atoms with Crippen molar-refractivity contribution >= 4 is 41.9 Å². The van der Waals surface area contributed by atoms with Crippen molar-refractivity contribution in [2.24, 2.45) is 0 Å². The molecule has 10 heavy (non-hydrogen) atoms. The van der Waals surface area contributed by atoms with E-state index in [1.807, 2.05) is 0 Å². The average Bonchev–Trinajstić information content (AvgIpc) is 1.64. The van der Waals surface area contributed by atoms with Crippen molar-refractivity contribution in [1.82, 2.24) is 0 Å². The van der Waals surface area contributed by atoms with Crippen molar-refractivity contribution < 1.29 is 8.78 Å². The van der Waals surface area contributed by atoms with Gasteiger partial charge < -0.3 is 0 Å². The summed E-state index contributed by atoms with van der Waals surface area (Å²) in [5, 5.41) is 0. The SMILES string of the molecule is Fc1[c]ccc(F)c1.[LiH].[MgH2]. The molecule has 47 valence electrons. The van der Waals surface area contributed by atoms with Crippen LogP contribution in [0.15, 0.2) is 18.2 Å². The molecule has 1 rings (SSSR count). The summed E-state index contributed by atoms with van der Waals surface area (Å²) < 4.78 is 23.8. The van der Waals surface area contributed by atoms with Gasteiger partial charge in [-0.3, -0.25) is 0 Å². The van der Waals surface area contributed by atoms with Gasteiger partial charge in [-0.05, 0) is 12.1 Å². The van der Waals surface area contributed by atoms with Crippen molar-refractivity contribution in [1.29, 1.82) is 0 Å². The smallest absolute Gasteiger partial charge is 0.316 e. The second-order valence-electron chi connectivity index (χ2n) is 1.35. The Hall–Kier alpha value is 0.444. The summed E-state index contributed by atoms with van der Waals surface area (Å²) in [5.74, 6) is -1.23. The van der Waals surface area contributed by atoms with E-state index >= 15 is 0 Å². The molecule has 0 saturated carbocycles. The van der Waals surface area contributed by atoms with Gasteiger partial charge in [-0.25, -0.2) is 8.78 Å². The molecular formula is C6H6F2LiMg. The number of halogens is 2. The van der Waals surface area contributed by atoms with Crippen molar-refractivity contribution in [3.8, 4) is 0 Å². The number of hydrogen-bond acceptors (Lipinski definition) is 0. The Balaban J connectivity index is 0. The van der Waals surface area contributed by atoms with Gasteiger partial charge in [0.05, 0.1) is 0 Å². The Labute approximate surface area is 86.3 Å². The van der Waals surface area contributed by atoms with Crippen LogP contribution in [-0.4, -0.2) is 41.9 Å². The largest absolute Gasteiger partial charge is 0.316 e. The standard InChI is InChI=1S/C6H3F2.Li.Mg.3H/c7-5-2-1-3-6(8)4-5;;;;;/h1-2,4H;;;;;. The molecule has 0 heterocycles. The van der Waals surface area contributed by atoms with Gasteiger partial charge >= 0.3 is 41.9 Å². The molecule has 1 aromatic carbocycles. The first-order valence-corrected chi connectivity index (χ1v) is 2.12. The van der Waals surface area contributed by atoms with E-state index in [4.69, 9.17) is 0 Å². The van der Waals surface area contributed by atoms with Crippen molar-refractivity contribution in [2.45, 2.75) is 0 Å². The Morgan fingerprint density at radius 3 is 2.20 bits per heavy atom. The summed E-state index contributed by atoms with van der Waals surface area (Å²) in [4.78, 5) is 0. The third kappa shape index (κ3) is 4.29. The van der Waals surface area contributed by atoms with Crippen LogP contribution < -0.4 is 0 Å². The third-order valence-electron chi connectivity index (χ3n) is 0.728. The van der Waals surface area contributed by atoms with E-state index in [1.54, 1.807) is 0 Å². The first-order chi connectivity index (χ1) is 3.79. The van der Waals surface area contributed by atoms with Crippen molar-refractivity contribution in [2.75, 3.05) is 0 Å². The Morgan fingerprint density at radius 2 is 1.90 bits per heavy atom. The predicted molar refractivity (Wildman–Crippen MR) is 40.9 cm³/mol. The summed E-state index contributed by atoms with van der Waals surface area (Å²) in [6.07, 6.45) is 0. The van der Waals surface area contributed by atoms with Gasteiger partial charge in [-0.2, -0.15) is 0 Å². The zero-order chi connectivity index (χ0) is 5.98. The monoisotopic (exact) mass is 147 g/mol. The van der Waals surface area contributed by atoms with Crippen LogP contribution in [-0.2, 0) is 0 Å². The maximum Gasteiger partial charge on any atom is 0.316 e. The molecule has 0 fully saturated rings. The normalized spacial score (nSPS) is 7.40. The minimum absolute atomic E-state index is 0. The number of rotatable bonds is 0. The van der Waals surface area contributed by atoms with Gasteiger partial charge in [-0.15, -0.1) is 0 Å². The number of hydrogen-bond donors (Lipinski definition) is 0. The molecule has 0 bridgehead atoms. The third-order valence-corrected chi connectivity index (χ3v) is 0.728. The van der Waals surface area contributed by atoms with E-state index in [0.717, 1.165) is 12.1 Å². The fraction of sp³-hybridized carbons (Fsp3) is 0. The molecule has 0 amide bonds. The second kappa shape index (κ2) is 6.17. The molecule has 0 atom stereocenters. The van der Waals surface area contributed by atoms with Crippen LogP contribution >= 0.6 is 0 Å². The fourth-order valence-corrected chi connectivity index (χ4v) is 0.412. The molecule has 1 radical (unpaired) electrons. The van der Waals surface area contributed by atoms with Crippen LogP contribution in [0.1, 0.15) is 0 Å². The minimum atomic E-state index is -0.662. The summed E-state index contributed by atoms with van der Waals surface area (Å²) in [6, 6.07) is 5.28. The molecule has 0 spiro atoms. The molecule has 0 aromatic heterocycles. The van der Waals surface area contributed by atoms with E-state index < -0.39 is 11.6 Å². The molecule has 0 nitrogen and oxygen atoms in total. The predicted octanol–water partition coefficient (Wildman–Crippen LogP) is 0.200. The van der Waals surface area contributed by atoms with Crippen LogP contribution in [0, 0.1) is 17.7 Å². The maximum atomic E-state index is 11.9. The van der Waals surface area contributed by atoms with Gasteiger partial charge in [0.1, 0.15) is 11.6 Å². The van der Waals surface area contributed by atoms with Crippen LogP contribution in [0.25, 0.3) is 0 Å². The summed E-state index contributed by atoms with van der Waals surface area (Å²) in [5.41, 5.74) is 0. The van der Waals surface area contributed by atoms with Gasteiger partial charge in [0.25, 0.3) is 0 Å². The van der Waals surface area contributed by atoms with E-state index in [0.29, 0.717) is 0 Å². The second-order valence-corrected chi connectivity index (χ2v) is 1.35. The first-order valence-electron chi connectivity index (χ1n) is 2.12. The summed E-state index contributed by atoms with van der Waals surface area (Å²) in [7, 11) is 0. The van der Waals surface area contributed by atoms with Gasteiger partial charge in [0, 0.05) is 12.1 Å². The molecule has 0 aliphatic rings. The van der Waals surface area contributed by atoms with Gasteiger partial charge in [-0.1, -0.05) is 0 Å². The Bertz CT molecular complexity index is 176. The molecule has 1 aromatic rings. The van der Waals surface area contributed by atoms with E-state index in [-0.39, 0.29) is 41.9 Å². The average molecular weight is 147 g/mol. The molecule has 0 saturated heterocycles.